The largest absolute Gasteiger partial charge is 0.495 e. The number of benzene rings is 4. The minimum absolute atomic E-state index is 0.245. The lowest BCUT2D eigenvalue weighted by atomic mass is 10.0. The van der Waals surface area contributed by atoms with Crippen LogP contribution in [0, 0.1) is 0 Å². The number of amides is 1. The Morgan fingerprint density at radius 1 is 0.812 bits per heavy atom. The van der Waals surface area contributed by atoms with Gasteiger partial charge in [0, 0.05) is 22.9 Å². The second-order valence-corrected chi connectivity index (χ2v) is 7.46. The van der Waals surface area contributed by atoms with Crippen LogP contribution in [-0.4, -0.2) is 13.0 Å². The molecule has 0 aliphatic carbocycles. The molecule has 32 heavy (non-hydrogen) atoms. The van der Waals surface area contributed by atoms with E-state index in [2.05, 4.69) is 17.4 Å². The zero-order valence-electron chi connectivity index (χ0n) is 17.5. The number of anilines is 1. The van der Waals surface area contributed by atoms with Crippen LogP contribution < -0.4 is 10.1 Å². The van der Waals surface area contributed by atoms with E-state index in [9.17, 15) is 4.79 Å². The van der Waals surface area contributed by atoms with Crippen molar-refractivity contribution in [3.05, 3.63) is 103 Å². The maximum atomic E-state index is 12.6. The molecule has 4 nitrogen and oxygen atoms in total. The molecule has 1 N–H and O–H groups in total. The minimum atomic E-state index is -0.245. The molecule has 0 saturated carbocycles. The Morgan fingerprint density at radius 3 is 2.31 bits per heavy atom. The van der Waals surface area contributed by atoms with E-state index in [1.807, 2.05) is 72.8 Å². The standard InChI is InChI=1S/C28H21NO3/c1-31-27-17-23-22-9-5-6-10-25(22)32-26(23)18-24(27)29-28(30)16-13-19-11-14-21(15-12-19)20-7-3-2-4-8-20/h2-18H,1H3,(H,29,30). The number of ether oxygens (including phenoxy) is 1. The number of hydrogen-bond donors (Lipinski definition) is 1. The molecular formula is C28H21NO3. The smallest absolute Gasteiger partial charge is 0.248 e. The molecule has 0 fully saturated rings. The summed E-state index contributed by atoms with van der Waals surface area (Å²) in [6, 6.07) is 29.8. The number of furan rings is 1. The summed E-state index contributed by atoms with van der Waals surface area (Å²) in [5.74, 6) is 0.337. The van der Waals surface area contributed by atoms with E-state index in [1.54, 1.807) is 19.3 Å². The normalized spacial score (nSPS) is 11.3. The summed E-state index contributed by atoms with van der Waals surface area (Å²) >= 11 is 0. The van der Waals surface area contributed by atoms with Crippen molar-refractivity contribution >= 4 is 39.6 Å². The van der Waals surface area contributed by atoms with Crippen LogP contribution in [0.15, 0.2) is 101 Å². The Bertz CT molecular complexity index is 1430. The summed E-state index contributed by atoms with van der Waals surface area (Å²) in [5, 5.41) is 4.85. The molecule has 0 saturated heterocycles. The van der Waals surface area contributed by atoms with Gasteiger partial charge in [-0.2, -0.15) is 0 Å². The Morgan fingerprint density at radius 2 is 1.53 bits per heavy atom. The molecule has 1 aromatic heterocycles. The number of nitrogens with one attached hydrogen (secondary N) is 1. The number of carbonyl (C=O) groups is 1. The first kappa shape index (κ1) is 19.6. The lowest BCUT2D eigenvalue weighted by molar-refractivity contribution is -0.111. The lowest BCUT2D eigenvalue weighted by Gasteiger charge is -2.09. The molecule has 0 unspecified atom stereocenters. The molecule has 0 atom stereocenters. The van der Waals surface area contributed by atoms with Gasteiger partial charge in [-0.3, -0.25) is 4.79 Å². The highest BCUT2D eigenvalue weighted by atomic mass is 16.5. The fraction of sp³-hybridized carbons (Fsp3) is 0.0357. The Hall–Kier alpha value is -4.31. The number of para-hydroxylation sites is 1. The maximum Gasteiger partial charge on any atom is 0.248 e. The van der Waals surface area contributed by atoms with Crippen LogP contribution in [0.5, 0.6) is 5.75 Å². The van der Waals surface area contributed by atoms with Crippen molar-refractivity contribution in [1.82, 2.24) is 0 Å². The summed E-state index contributed by atoms with van der Waals surface area (Å²) in [6.07, 6.45) is 3.30. The van der Waals surface area contributed by atoms with Crippen molar-refractivity contribution in [3.63, 3.8) is 0 Å². The first-order valence-corrected chi connectivity index (χ1v) is 10.3. The number of rotatable bonds is 5. The summed E-state index contributed by atoms with van der Waals surface area (Å²) < 4.78 is 11.4. The molecule has 0 radical (unpaired) electrons. The van der Waals surface area contributed by atoms with Crippen molar-refractivity contribution in [2.24, 2.45) is 0 Å². The predicted octanol–water partition coefficient (Wildman–Crippen LogP) is 6.91. The van der Waals surface area contributed by atoms with Gasteiger partial charge >= 0.3 is 0 Å². The van der Waals surface area contributed by atoms with E-state index >= 15 is 0 Å². The molecule has 0 spiro atoms. The quantitative estimate of drug-likeness (QED) is 0.315. The van der Waals surface area contributed by atoms with Crippen molar-refractivity contribution in [1.29, 1.82) is 0 Å². The van der Waals surface area contributed by atoms with Gasteiger partial charge in [0.25, 0.3) is 0 Å². The Labute approximate surface area is 185 Å². The molecule has 5 aromatic rings. The van der Waals surface area contributed by atoms with Crippen molar-refractivity contribution < 1.29 is 13.9 Å². The SMILES string of the molecule is COc1cc2c(cc1NC(=O)C=Cc1ccc(-c3ccccc3)cc1)oc1ccccc12. The molecule has 0 aliphatic heterocycles. The highest BCUT2D eigenvalue weighted by molar-refractivity contribution is 6.09. The Balaban J connectivity index is 1.35. The number of hydrogen-bond acceptors (Lipinski definition) is 3. The van der Waals surface area contributed by atoms with Crippen LogP contribution in [0.4, 0.5) is 5.69 Å². The van der Waals surface area contributed by atoms with Crippen LogP contribution in [0.2, 0.25) is 0 Å². The second-order valence-electron chi connectivity index (χ2n) is 7.46. The average Bonchev–Trinajstić information content (AvgIpc) is 3.20. The van der Waals surface area contributed by atoms with Gasteiger partial charge in [-0.15, -0.1) is 0 Å². The number of fused-ring (bicyclic) bond motifs is 3. The highest BCUT2D eigenvalue weighted by Gasteiger charge is 2.13. The predicted molar refractivity (Wildman–Crippen MR) is 130 cm³/mol. The molecule has 1 amide bonds. The van der Waals surface area contributed by atoms with Gasteiger partial charge < -0.3 is 14.5 Å². The molecule has 4 aromatic carbocycles. The van der Waals surface area contributed by atoms with E-state index in [1.165, 1.54) is 6.08 Å². The van der Waals surface area contributed by atoms with Gasteiger partial charge in [-0.1, -0.05) is 72.8 Å². The first-order chi connectivity index (χ1) is 15.7. The summed E-state index contributed by atoms with van der Waals surface area (Å²) in [5.41, 5.74) is 5.30. The first-order valence-electron chi connectivity index (χ1n) is 10.3. The van der Waals surface area contributed by atoms with Crippen LogP contribution in [0.3, 0.4) is 0 Å². The lowest BCUT2D eigenvalue weighted by Crippen LogP contribution is -2.08. The van der Waals surface area contributed by atoms with Gasteiger partial charge in [0.2, 0.25) is 5.91 Å². The highest BCUT2D eigenvalue weighted by Crippen LogP contribution is 2.36. The molecule has 5 rings (SSSR count). The molecule has 156 valence electrons. The summed E-state index contributed by atoms with van der Waals surface area (Å²) in [4.78, 5) is 12.6. The van der Waals surface area contributed by atoms with Gasteiger partial charge in [-0.25, -0.2) is 0 Å². The molecule has 1 heterocycles. The topological polar surface area (TPSA) is 51.5 Å². The molecular weight excluding hydrogens is 398 g/mol. The fourth-order valence-corrected chi connectivity index (χ4v) is 3.78. The molecule has 4 heteroatoms. The van der Waals surface area contributed by atoms with E-state index < -0.39 is 0 Å². The second kappa shape index (κ2) is 8.44. The van der Waals surface area contributed by atoms with Crippen molar-refractivity contribution in [2.45, 2.75) is 0 Å². The third-order valence-corrected chi connectivity index (χ3v) is 5.40. The maximum absolute atomic E-state index is 12.6. The Kier molecular flexibility index (Phi) is 5.18. The van der Waals surface area contributed by atoms with Crippen LogP contribution in [0.25, 0.3) is 39.1 Å². The van der Waals surface area contributed by atoms with E-state index in [0.717, 1.165) is 33.0 Å². The van der Waals surface area contributed by atoms with Gasteiger partial charge in [0.05, 0.1) is 12.8 Å². The molecule has 0 bridgehead atoms. The van der Waals surface area contributed by atoms with Crippen molar-refractivity contribution in [2.75, 3.05) is 12.4 Å². The minimum Gasteiger partial charge on any atom is -0.495 e. The van der Waals surface area contributed by atoms with E-state index in [0.29, 0.717) is 17.0 Å². The van der Waals surface area contributed by atoms with Crippen molar-refractivity contribution in [3.8, 4) is 16.9 Å². The third kappa shape index (κ3) is 3.86. The molecule has 0 aliphatic rings. The monoisotopic (exact) mass is 419 g/mol. The third-order valence-electron chi connectivity index (χ3n) is 5.40. The zero-order valence-corrected chi connectivity index (χ0v) is 17.5. The van der Waals surface area contributed by atoms with Crippen LogP contribution >= 0.6 is 0 Å². The van der Waals surface area contributed by atoms with E-state index in [4.69, 9.17) is 9.15 Å². The number of methoxy groups -OCH3 is 1. The summed E-state index contributed by atoms with van der Waals surface area (Å²) in [6.45, 7) is 0. The number of carbonyl (C=O) groups excluding carboxylic acids is 1. The van der Waals surface area contributed by atoms with E-state index in [-0.39, 0.29) is 5.91 Å². The fourth-order valence-electron chi connectivity index (χ4n) is 3.78. The van der Waals surface area contributed by atoms with Gasteiger partial charge in [0.1, 0.15) is 16.9 Å². The van der Waals surface area contributed by atoms with Gasteiger partial charge in [-0.05, 0) is 34.9 Å². The average molecular weight is 419 g/mol. The van der Waals surface area contributed by atoms with Gasteiger partial charge in [0.15, 0.2) is 0 Å². The summed E-state index contributed by atoms with van der Waals surface area (Å²) in [7, 11) is 1.59. The zero-order chi connectivity index (χ0) is 21.9. The van der Waals surface area contributed by atoms with Crippen LogP contribution in [-0.2, 0) is 4.79 Å². The van der Waals surface area contributed by atoms with Crippen LogP contribution in [0.1, 0.15) is 5.56 Å².